The minimum atomic E-state index is -3.77. The van der Waals surface area contributed by atoms with E-state index >= 15 is 0 Å². The van der Waals surface area contributed by atoms with E-state index in [1.807, 2.05) is 0 Å². The van der Waals surface area contributed by atoms with Crippen LogP contribution in [0, 0.1) is 0 Å². The molecule has 0 amide bonds. The van der Waals surface area contributed by atoms with Gasteiger partial charge in [0.1, 0.15) is 22.6 Å². The molecule has 1 aromatic heterocycles. The number of carboxylic acids is 1. The highest BCUT2D eigenvalue weighted by Crippen LogP contribution is 2.31. The third kappa shape index (κ3) is 2.19. The number of rotatable bonds is 3. The summed E-state index contributed by atoms with van der Waals surface area (Å²) in [6.45, 7) is -0.227. The fourth-order valence-corrected chi connectivity index (χ4v) is 3.36. The zero-order valence-electron chi connectivity index (χ0n) is 10.6. The summed E-state index contributed by atoms with van der Waals surface area (Å²) in [5, 5.41) is 9.01. The molecule has 2 heterocycles. The van der Waals surface area contributed by atoms with Gasteiger partial charge in [-0.15, -0.1) is 0 Å². The zero-order chi connectivity index (χ0) is 15.0. The molecular weight excluding hydrogens is 296 g/mol. The second-order valence-electron chi connectivity index (χ2n) is 4.33. The highest BCUT2D eigenvalue weighted by atomic mass is 32.2. The van der Waals surface area contributed by atoms with E-state index in [-0.39, 0.29) is 22.8 Å². The standard InChI is InChI=1S/C13H10N2O5S/c16-13(17)9-5-6-20-11(9)7-15-8-14-10-3-1-2-4-12(10)21(15,18)19/h1-6,8H,7H2,(H,16,17). The Labute approximate surface area is 120 Å². The van der Waals surface area contributed by atoms with E-state index in [0.717, 1.165) is 10.6 Å². The van der Waals surface area contributed by atoms with E-state index in [9.17, 15) is 13.2 Å². The van der Waals surface area contributed by atoms with Crippen molar-refractivity contribution in [3.63, 3.8) is 0 Å². The first-order valence-electron chi connectivity index (χ1n) is 5.95. The van der Waals surface area contributed by atoms with Crippen molar-refractivity contribution in [1.29, 1.82) is 0 Å². The second kappa shape index (κ2) is 4.74. The van der Waals surface area contributed by atoms with Gasteiger partial charge in [-0.05, 0) is 18.2 Å². The zero-order valence-corrected chi connectivity index (χ0v) is 11.4. The number of nitrogens with zero attached hydrogens (tertiary/aromatic N) is 2. The monoisotopic (exact) mass is 306 g/mol. The van der Waals surface area contributed by atoms with Crippen LogP contribution in [0.25, 0.3) is 0 Å². The molecule has 0 atom stereocenters. The number of hydrogen-bond donors (Lipinski definition) is 1. The van der Waals surface area contributed by atoms with Crippen LogP contribution in [0.2, 0.25) is 0 Å². The van der Waals surface area contributed by atoms with Crippen molar-refractivity contribution >= 4 is 28.0 Å². The summed E-state index contributed by atoms with van der Waals surface area (Å²) in [7, 11) is -3.77. The molecule has 1 N–H and O–H groups in total. The highest BCUT2D eigenvalue weighted by molar-refractivity contribution is 7.89. The molecule has 0 aliphatic carbocycles. The van der Waals surface area contributed by atoms with Crippen LogP contribution >= 0.6 is 0 Å². The van der Waals surface area contributed by atoms with Crippen molar-refractivity contribution in [3.8, 4) is 0 Å². The number of aromatic carboxylic acids is 1. The quantitative estimate of drug-likeness (QED) is 0.932. The van der Waals surface area contributed by atoms with Crippen LogP contribution in [-0.4, -0.2) is 30.1 Å². The van der Waals surface area contributed by atoms with E-state index < -0.39 is 16.0 Å². The molecule has 1 aliphatic rings. The van der Waals surface area contributed by atoms with Gasteiger partial charge in [0.25, 0.3) is 10.0 Å². The molecule has 1 aliphatic heterocycles. The fourth-order valence-electron chi connectivity index (χ4n) is 2.02. The third-order valence-electron chi connectivity index (χ3n) is 3.05. The van der Waals surface area contributed by atoms with Crippen LogP contribution in [0.1, 0.15) is 16.1 Å². The SMILES string of the molecule is O=C(O)c1ccoc1CN1C=Nc2ccccc2S1(=O)=O. The van der Waals surface area contributed by atoms with Gasteiger partial charge in [0.15, 0.2) is 0 Å². The predicted octanol–water partition coefficient (Wildman–Crippen LogP) is 1.84. The maximum atomic E-state index is 12.5. The Morgan fingerprint density at radius 2 is 2.05 bits per heavy atom. The Kier molecular flexibility index (Phi) is 3.02. The molecule has 8 heteroatoms. The first-order valence-corrected chi connectivity index (χ1v) is 7.39. The molecule has 3 rings (SSSR count). The van der Waals surface area contributed by atoms with E-state index in [1.165, 1.54) is 18.4 Å². The van der Waals surface area contributed by atoms with Gasteiger partial charge in [0.05, 0.1) is 18.5 Å². The van der Waals surface area contributed by atoms with Gasteiger partial charge in [0, 0.05) is 0 Å². The molecule has 0 saturated heterocycles. The summed E-state index contributed by atoms with van der Waals surface area (Å²) >= 11 is 0. The molecule has 0 spiro atoms. The van der Waals surface area contributed by atoms with Crippen molar-refractivity contribution in [2.75, 3.05) is 0 Å². The van der Waals surface area contributed by atoms with Crippen LogP contribution < -0.4 is 0 Å². The van der Waals surface area contributed by atoms with Crippen LogP contribution in [-0.2, 0) is 16.6 Å². The molecule has 0 fully saturated rings. The largest absolute Gasteiger partial charge is 0.478 e. The van der Waals surface area contributed by atoms with E-state index in [0.29, 0.717) is 5.69 Å². The van der Waals surface area contributed by atoms with Gasteiger partial charge < -0.3 is 9.52 Å². The number of carboxylic acid groups (broad SMARTS) is 1. The molecule has 7 nitrogen and oxygen atoms in total. The topological polar surface area (TPSA) is 100 Å². The Morgan fingerprint density at radius 1 is 1.29 bits per heavy atom. The van der Waals surface area contributed by atoms with Crippen LogP contribution in [0.4, 0.5) is 5.69 Å². The molecule has 21 heavy (non-hydrogen) atoms. The Balaban J connectivity index is 1.99. The summed E-state index contributed by atoms with van der Waals surface area (Å²) in [5.41, 5.74) is 0.282. The number of fused-ring (bicyclic) bond motifs is 1. The number of sulfonamides is 1. The molecule has 0 radical (unpaired) electrons. The van der Waals surface area contributed by atoms with Crippen molar-refractivity contribution in [2.24, 2.45) is 4.99 Å². The average molecular weight is 306 g/mol. The average Bonchev–Trinajstić information content (AvgIpc) is 2.91. The number of furan rings is 1. The van der Waals surface area contributed by atoms with Crippen molar-refractivity contribution in [3.05, 3.63) is 47.9 Å². The summed E-state index contributed by atoms with van der Waals surface area (Å²) in [6.07, 6.45) is 2.37. The number of benzene rings is 1. The molecule has 0 bridgehead atoms. The summed E-state index contributed by atoms with van der Waals surface area (Å²) in [6, 6.07) is 7.62. The van der Waals surface area contributed by atoms with Gasteiger partial charge in [-0.3, -0.25) is 0 Å². The molecule has 0 unspecified atom stereocenters. The van der Waals surface area contributed by atoms with Crippen LogP contribution in [0.3, 0.4) is 0 Å². The Bertz CT molecular complexity index is 838. The van der Waals surface area contributed by atoms with Crippen LogP contribution in [0.15, 0.2) is 50.9 Å². The lowest BCUT2D eigenvalue weighted by Crippen LogP contribution is -2.31. The number of carbonyl (C=O) groups is 1. The predicted molar refractivity (Wildman–Crippen MR) is 73.0 cm³/mol. The first-order chi connectivity index (χ1) is 10.00. The van der Waals surface area contributed by atoms with Gasteiger partial charge >= 0.3 is 5.97 Å². The molecule has 2 aromatic rings. The molecular formula is C13H10N2O5S. The third-order valence-corrected chi connectivity index (χ3v) is 4.79. The molecule has 108 valence electrons. The minimum absolute atomic E-state index is 0.0527. The Morgan fingerprint density at radius 3 is 2.81 bits per heavy atom. The summed E-state index contributed by atoms with van der Waals surface area (Å²) in [4.78, 5) is 15.2. The maximum absolute atomic E-state index is 12.5. The highest BCUT2D eigenvalue weighted by Gasteiger charge is 2.30. The van der Waals surface area contributed by atoms with Gasteiger partial charge in [-0.2, -0.15) is 0 Å². The number of para-hydroxylation sites is 1. The number of hydrogen-bond acceptors (Lipinski definition) is 5. The summed E-state index contributed by atoms with van der Waals surface area (Å²) in [5.74, 6) is -1.12. The molecule has 1 aromatic carbocycles. The van der Waals surface area contributed by atoms with Gasteiger partial charge in [-0.25, -0.2) is 22.5 Å². The lowest BCUT2D eigenvalue weighted by Gasteiger charge is -2.23. The summed E-state index contributed by atoms with van der Waals surface area (Å²) < 4.78 is 30.9. The second-order valence-corrected chi connectivity index (χ2v) is 6.18. The molecule has 0 saturated carbocycles. The first kappa shape index (κ1) is 13.4. The lowest BCUT2D eigenvalue weighted by molar-refractivity contribution is 0.0694. The van der Waals surface area contributed by atoms with Crippen molar-refractivity contribution < 1.29 is 22.7 Å². The van der Waals surface area contributed by atoms with E-state index in [1.54, 1.807) is 18.2 Å². The van der Waals surface area contributed by atoms with Crippen LogP contribution in [0.5, 0.6) is 0 Å². The van der Waals surface area contributed by atoms with Gasteiger partial charge in [0.2, 0.25) is 0 Å². The van der Waals surface area contributed by atoms with E-state index in [4.69, 9.17) is 9.52 Å². The lowest BCUT2D eigenvalue weighted by atomic mass is 10.2. The number of aliphatic imine (C=N–C) groups is 1. The van der Waals surface area contributed by atoms with Crippen molar-refractivity contribution in [1.82, 2.24) is 4.31 Å². The minimum Gasteiger partial charge on any atom is -0.478 e. The van der Waals surface area contributed by atoms with Crippen molar-refractivity contribution in [2.45, 2.75) is 11.4 Å². The van der Waals surface area contributed by atoms with Gasteiger partial charge in [-0.1, -0.05) is 12.1 Å². The maximum Gasteiger partial charge on any atom is 0.339 e. The normalized spacial score (nSPS) is 15.7. The smallest absolute Gasteiger partial charge is 0.339 e. The Hall–Kier alpha value is -2.61. The fraction of sp³-hybridized carbons (Fsp3) is 0.0769. The van der Waals surface area contributed by atoms with E-state index in [2.05, 4.69) is 4.99 Å².